The number of nitrogens with zero attached hydrogens (tertiary/aromatic N) is 3. The van der Waals surface area contributed by atoms with Gasteiger partial charge in [-0.05, 0) is 113 Å². The van der Waals surface area contributed by atoms with Gasteiger partial charge in [-0.2, -0.15) is 5.26 Å². The summed E-state index contributed by atoms with van der Waals surface area (Å²) in [4.78, 5) is 0. The van der Waals surface area contributed by atoms with Gasteiger partial charge in [-0.25, -0.2) is 0 Å². The Kier molecular flexibility index (Phi) is 6.48. The van der Waals surface area contributed by atoms with Crippen molar-refractivity contribution in [2.24, 2.45) is 0 Å². The van der Waals surface area contributed by atoms with Crippen molar-refractivity contribution >= 4 is 75.1 Å². The van der Waals surface area contributed by atoms with Crippen LogP contribution in [-0.2, 0) is 0 Å². The standard InChI is InChI=1S/C49H29N3S/c50-30-31-18-24-47-41(26-31)42-28-33(21-25-48(42)53-47)32-19-22-44-39(27-32)40-29-34(20-23-45(40)51(44)35-10-3-1-4-11-35)37-15-9-17-46-49(37)38-14-7-8-16-43(38)52(46)36-12-5-2-6-13-36/h1-29H. The molecule has 0 bridgehead atoms. The van der Waals surface area contributed by atoms with Gasteiger partial charge in [0.25, 0.3) is 0 Å². The van der Waals surface area contributed by atoms with Crippen molar-refractivity contribution in [3.8, 4) is 39.7 Å². The van der Waals surface area contributed by atoms with Crippen LogP contribution >= 0.6 is 11.3 Å². The summed E-state index contributed by atoms with van der Waals surface area (Å²) in [7, 11) is 0. The van der Waals surface area contributed by atoms with Crippen LogP contribution in [-0.4, -0.2) is 9.13 Å². The second-order valence-electron chi connectivity index (χ2n) is 13.7. The van der Waals surface area contributed by atoms with E-state index in [2.05, 4.69) is 179 Å². The van der Waals surface area contributed by atoms with Crippen LogP contribution in [0.5, 0.6) is 0 Å². The van der Waals surface area contributed by atoms with Gasteiger partial charge in [0.1, 0.15) is 0 Å². The molecule has 11 rings (SSSR count). The molecule has 0 atom stereocenters. The number of aromatic nitrogens is 2. The number of hydrogen-bond acceptors (Lipinski definition) is 2. The first kappa shape index (κ1) is 29.8. The number of para-hydroxylation sites is 3. The van der Waals surface area contributed by atoms with Crippen molar-refractivity contribution in [3.63, 3.8) is 0 Å². The van der Waals surface area contributed by atoms with E-state index in [0.29, 0.717) is 5.56 Å². The first-order valence-corrected chi connectivity index (χ1v) is 18.6. The highest BCUT2D eigenvalue weighted by atomic mass is 32.1. The molecule has 0 N–H and O–H groups in total. The van der Waals surface area contributed by atoms with Crippen molar-refractivity contribution in [2.45, 2.75) is 0 Å². The topological polar surface area (TPSA) is 33.6 Å². The minimum Gasteiger partial charge on any atom is -0.309 e. The van der Waals surface area contributed by atoms with Crippen LogP contribution in [0.4, 0.5) is 0 Å². The van der Waals surface area contributed by atoms with E-state index in [4.69, 9.17) is 0 Å². The number of hydrogen-bond donors (Lipinski definition) is 0. The van der Waals surface area contributed by atoms with Gasteiger partial charge >= 0.3 is 0 Å². The van der Waals surface area contributed by atoms with E-state index in [-0.39, 0.29) is 0 Å². The Morgan fingerprint density at radius 2 is 0.925 bits per heavy atom. The zero-order valence-electron chi connectivity index (χ0n) is 28.5. The molecule has 0 radical (unpaired) electrons. The van der Waals surface area contributed by atoms with E-state index < -0.39 is 0 Å². The molecule has 0 aliphatic rings. The predicted octanol–water partition coefficient (Wildman–Crippen LogP) is 13.5. The van der Waals surface area contributed by atoms with Crippen molar-refractivity contribution in [1.29, 1.82) is 5.26 Å². The molecule has 0 spiro atoms. The molecule has 11 aromatic rings. The first-order valence-electron chi connectivity index (χ1n) is 17.8. The lowest BCUT2D eigenvalue weighted by atomic mass is 9.97. The zero-order valence-corrected chi connectivity index (χ0v) is 29.3. The largest absolute Gasteiger partial charge is 0.309 e. The van der Waals surface area contributed by atoms with E-state index in [1.807, 2.05) is 12.1 Å². The van der Waals surface area contributed by atoms with Crippen molar-refractivity contribution < 1.29 is 0 Å². The predicted molar refractivity (Wildman–Crippen MR) is 224 cm³/mol. The van der Waals surface area contributed by atoms with E-state index in [9.17, 15) is 5.26 Å². The van der Waals surface area contributed by atoms with E-state index >= 15 is 0 Å². The summed E-state index contributed by atoms with van der Waals surface area (Å²) in [5.41, 5.74) is 12.5. The number of rotatable bonds is 4. The Bertz CT molecular complexity index is 3280. The molecule has 3 aromatic heterocycles. The highest BCUT2D eigenvalue weighted by molar-refractivity contribution is 7.25. The number of nitriles is 1. The van der Waals surface area contributed by atoms with Gasteiger partial charge in [-0.1, -0.05) is 84.9 Å². The molecule has 53 heavy (non-hydrogen) atoms. The zero-order chi connectivity index (χ0) is 35.0. The highest BCUT2D eigenvalue weighted by Crippen LogP contribution is 2.42. The van der Waals surface area contributed by atoms with E-state index in [1.54, 1.807) is 11.3 Å². The molecule has 0 saturated carbocycles. The molecule has 8 aromatic carbocycles. The summed E-state index contributed by atoms with van der Waals surface area (Å²) in [6.07, 6.45) is 0. The fraction of sp³-hybridized carbons (Fsp3) is 0. The van der Waals surface area contributed by atoms with Gasteiger partial charge in [-0.3, -0.25) is 0 Å². The van der Waals surface area contributed by atoms with Crippen LogP contribution in [0.15, 0.2) is 176 Å². The van der Waals surface area contributed by atoms with Gasteiger partial charge < -0.3 is 9.13 Å². The molecular formula is C49H29N3S. The minimum atomic E-state index is 0.689. The van der Waals surface area contributed by atoms with Crippen LogP contribution in [0.1, 0.15) is 5.56 Å². The minimum absolute atomic E-state index is 0.689. The van der Waals surface area contributed by atoms with Crippen LogP contribution in [0, 0.1) is 11.3 Å². The smallest absolute Gasteiger partial charge is 0.0991 e. The molecule has 0 aliphatic carbocycles. The second kappa shape index (κ2) is 11.5. The van der Waals surface area contributed by atoms with Crippen LogP contribution < -0.4 is 0 Å². The Morgan fingerprint density at radius 1 is 0.396 bits per heavy atom. The monoisotopic (exact) mass is 691 g/mol. The number of fused-ring (bicyclic) bond motifs is 9. The Morgan fingerprint density at radius 3 is 1.64 bits per heavy atom. The lowest BCUT2D eigenvalue weighted by molar-refractivity contribution is 1.18. The molecule has 0 amide bonds. The Labute approximate surface area is 309 Å². The normalized spacial score (nSPS) is 11.8. The molecule has 0 saturated heterocycles. The summed E-state index contributed by atoms with van der Waals surface area (Å²) >= 11 is 1.78. The summed E-state index contributed by atoms with van der Waals surface area (Å²) in [5.74, 6) is 0. The Balaban J connectivity index is 1.16. The summed E-state index contributed by atoms with van der Waals surface area (Å²) < 4.78 is 7.20. The lowest BCUT2D eigenvalue weighted by Gasteiger charge is -2.10. The highest BCUT2D eigenvalue weighted by Gasteiger charge is 2.19. The fourth-order valence-corrected chi connectivity index (χ4v) is 9.43. The molecule has 0 fully saturated rings. The fourth-order valence-electron chi connectivity index (χ4n) is 8.37. The van der Waals surface area contributed by atoms with Crippen LogP contribution in [0.2, 0.25) is 0 Å². The maximum absolute atomic E-state index is 9.60. The number of benzene rings is 8. The van der Waals surface area contributed by atoms with Crippen LogP contribution in [0.25, 0.3) is 97.4 Å². The molecular weight excluding hydrogens is 663 g/mol. The van der Waals surface area contributed by atoms with Gasteiger partial charge in [0, 0.05) is 53.1 Å². The maximum atomic E-state index is 9.60. The SMILES string of the molecule is N#Cc1ccc2sc3ccc(-c4ccc5c(c4)c4cc(-c6cccc7c6c6ccccc6n7-c6ccccc6)ccc4n5-c4ccccc4)cc3c2c1. The van der Waals surface area contributed by atoms with Crippen LogP contribution in [0.3, 0.4) is 0 Å². The van der Waals surface area contributed by atoms with Gasteiger partial charge in [0.05, 0.1) is 33.7 Å². The van der Waals surface area contributed by atoms with Gasteiger partial charge in [-0.15, -0.1) is 11.3 Å². The third-order valence-electron chi connectivity index (χ3n) is 10.7. The summed E-state index contributed by atoms with van der Waals surface area (Å²) in [6, 6.07) is 65.7. The second-order valence-corrected chi connectivity index (χ2v) is 14.7. The van der Waals surface area contributed by atoms with Crippen molar-refractivity contribution in [1.82, 2.24) is 9.13 Å². The van der Waals surface area contributed by atoms with Gasteiger partial charge in [0.2, 0.25) is 0 Å². The third kappa shape index (κ3) is 4.52. The average Bonchev–Trinajstić information content (AvgIpc) is 3.88. The van der Waals surface area contributed by atoms with Crippen molar-refractivity contribution in [3.05, 3.63) is 181 Å². The first-order chi connectivity index (χ1) is 26.2. The van der Waals surface area contributed by atoms with E-state index in [1.165, 1.54) is 75.1 Å². The molecule has 3 nitrogen and oxygen atoms in total. The molecule has 4 heteroatoms. The van der Waals surface area contributed by atoms with Gasteiger partial charge in [0.15, 0.2) is 0 Å². The molecule has 0 unspecified atom stereocenters. The quantitative estimate of drug-likeness (QED) is 0.181. The molecule has 246 valence electrons. The number of thiophene rings is 1. The lowest BCUT2D eigenvalue weighted by Crippen LogP contribution is -1.93. The molecule has 3 heterocycles. The van der Waals surface area contributed by atoms with E-state index in [0.717, 1.165) is 22.3 Å². The Hall–Kier alpha value is -6.93. The molecule has 0 aliphatic heterocycles. The average molecular weight is 692 g/mol. The summed E-state index contributed by atoms with van der Waals surface area (Å²) in [6.45, 7) is 0. The maximum Gasteiger partial charge on any atom is 0.0991 e. The summed E-state index contributed by atoms with van der Waals surface area (Å²) in [5, 5.41) is 16.9. The van der Waals surface area contributed by atoms with Crippen molar-refractivity contribution in [2.75, 3.05) is 0 Å². The third-order valence-corrected chi connectivity index (χ3v) is 11.9.